The van der Waals surface area contributed by atoms with E-state index < -0.39 is 5.97 Å². The number of nitrogens with zero attached hydrogens (tertiary/aromatic N) is 3. The molecule has 0 aliphatic rings. The number of rotatable bonds is 4. The minimum Gasteiger partial charge on any atom is -0.481 e. The van der Waals surface area contributed by atoms with Crippen LogP contribution >= 0.6 is 15.9 Å². The molecule has 2 aromatic heterocycles. The molecule has 4 aromatic rings. The summed E-state index contributed by atoms with van der Waals surface area (Å²) in [5.41, 5.74) is 4.47. The molecule has 2 heterocycles. The molecular formula is C20H14BrN3O2. The molecule has 0 fully saturated rings. The number of fused-ring (bicyclic) bond motifs is 1. The molecule has 0 atom stereocenters. The molecule has 0 amide bonds. The van der Waals surface area contributed by atoms with Crippen molar-refractivity contribution in [3.8, 4) is 22.5 Å². The van der Waals surface area contributed by atoms with Crippen molar-refractivity contribution in [2.24, 2.45) is 0 Å². The van der Waals surface area contributed by atoms with Crippen LogP contribution < -0.4 is 0 Å². The lowest BCUT2D eigenvalue weighted by molar-refractivity contribution is -0.136. The van der Waals surface area contributed by atoms with E-state index in [0.717, 1.165) is 32.6 Å². The highest BCUT2D eigenvalue weighted by molar-refractivity contribution is 9.10. The van der Waals surface area contributed by atoms with E-state index in [9.17, 15) is 4.79 Å². The molecule has 0 unspecified atom stereocenters. The number of benzene rings is 2. The molecule has 1 N–H and O–H groups in total. The zero-order valence-corrected chi connectivity index (χ0v) is 15.2. The van der Waals surface area contributed by atoms with Gasteiger partial charge < -0.3 is 5.11 Å². The number of hydrogen-bond donors (Lipinski definition) is 1. The average Bonchev–Trinajstić information content (AvgIpc) is 3.02. The highest BCUT2D eigenvalue weighted by Crippen LogP contribution is 2.33. The van der Waals surface area contributed by atoms with E-state index in [1.54, 1.807) is 6.20 Å². The molecule has 0 spiro atoms. The Bertz CT molecular complexity index is 1090. The standard InChI is InChI=1S/C20H14BrN3O2/c21-16-8-6-15(7-9-16)19-18(23-20-22-10-1-11-24(19)20)14-4-2-13(3-5-14)12-17(25)26/h1-11H,12H2,(H,25,26). The number of aromatic nitrogens is 3. The minimum atomic E-state index is -0.842. The van der Waals surface area contributed by atoms with E-state index in [1.165, 1.54) is 0 Å². The molecule has 0 saturated heterocycles. The normalized spacial score (nSPS) is 11.0. The summed E-state index contributed by atoms with van der Waals surface area (Å²) in [5, 5.41) is 8.94. The van der Waals surface area contributed by atoms with E-state index in [2.05, 4.69) is 20.9 Å². The quantitative estimate of drug-likeness (QED) is 0.542. The third-order valence-electron chi connectivity index (χ3n) is 4.10. The lowest BCUT2D eigenvalue weighted by atomic mass is 10.0. The number of carboxylic acids is 1. The molecule has 0 radical (unpaired) electrons. The van der Waals surface area contributed by atoms with Crippen LogP contribution in [0.1, 0.15) is 5.56 Å². The van der Waals surface area contributed by atoms with Gasteiger partial charge in [-0.25, -0.2) is 9.97 Å². The second-order valence-corrected chi connectivity index (χ2v) is 6.79. The van der Waals surface area contributed by atoms with Gasteiger partial charge >= 0.3 is 5.97 Å². The van der Waals surface area contributed by atoms with Gasteiger partial charge in [-0.15, -0.1) is 0 Å². The first-order valence-corrected chi connectivity index (χ1v) is 8.81. The summed E-state index contributed by atoms with van der Waals surface area (Å²) in [7, 11) is 0. The molecular weight excluding hydrogens is 394 g/mol. The van der Waals surface area contributed by atoms with Crippen LogP contribution in [0.5, 0.6) is 0 Å². The fourth-order valence-corrected chi connectivity index (χ4v) is 3.19. The van der Waals surface area contributed by atoms with E-state index in [4.69, 9.17) is 10.1 Å². The second-order valence-electron chi connectivity index (χ2n) is 5.87. The molecule has 128 valence electrons. The molecule has 0 bridgehead atoms. The van der Waals surface area contributed by atoms with Gasteiger partial charge in [0.2, 0.25) is 5.78 Å². The summed E-state index contributed by atoms with van der Waals surface area (Å²) < 4.78 is 2.97. The van der Waals surface area contributed by atoms with Crippen LogP contribution in [0.4, 0.5) is 0 Å². The number of carboxylic acid groups (broad SMARTS) is 1. The Balaban J connectivity index is 1.88. The van der Waals surface area contributed by atoms with E-state index in [-0.39, 0.29) is 6.42 Å². The third kappa shape index (κ3) is 3.11. The number of imidazole rings is 1. The average molecular weight is 408 g/mol. The first-order valence-electron chi connectivity index (χ1n) is 8.02. The van der Waals surface area contributed by atoms with Crippen molar-refractivity contribution in [3.63, 3.8) is 0 Å². The summed E-state index contributed by atoms with van der Waals surface area (Å²) in [6.45, 7) is 0. The predicted octanol–water partition coefficient (Wildman–Crippen LogP) is 4.45. The Hall–Kier alpha value is -2.99. The summed E-state index contributed by atoms with van der Waals surface area (Å²) in [5.74, 6) is -0.222. The Morgan fingerprint density at radius 3 is 2.42 bits per heavy atom. The SMILES string of the molecule is O=C(O)Cc1ccc(-c2nc3ncccn3c2-c2ccc(Br)cc2)cc1. The van der Waals surface area contributed by atoms with Gasteiger partial charge in [-0.3, -0.25) is 9.20 Å². The highest BCUT2D eigenvalue weighted by Gasteiger charge is 2.16. The predicted molar refractivity (Wildman–Crippen MR) is 103 cm³/mol. The van der Waals surface area contributed by atoms with Crippen molar-refractivity contribution in [2.75, 3.05) is 0 Å². The fraction of sp³-hybridized carbons (Fsp3) is 0.0500. The monoisotopic (exact) mass is 407 g/mol. The number of halogens is 1. The van der Waals surface area contributed by atoms with Crippen LogP contribution in [0, 0.1) is 0 Å². The third-order valence-corrected chi connectivity index (χ3v) is 4.63. The number of aliphatic carboxylic acids is 1. The fourth-order valence-electron chi connectivity index (χ4n) is 2.93. The topological polar surface area (TPSA) is 67.5 Å². The van der Waals surface area contributed by atoms with Gasteiger partial charge in [0.05, 0.1) is 17.8 Å². The molecule has 2 aromatic carbocycles. The summed E-state index contributed by atoms with van der Waals surface area (Å²) in [4.78, 5) is 19.9. The van der Waals surface area contributed by atoms with Crippen LogP contribution in [0.3, 0.4) is 0 Å². The molecule has 0 aliphatic heterocycles. The molecule has 5 nitrogen and oxygen atoms in total. The Kier molecular flexibility index (Phi) is 4.26. The molecule has 0 aliphatic carbocycles. The van der Waals surface area contributed by atoms with E-state index in [0.29, 0.717) is 5.78 Å². The van der Waals surface area contributed by atoms with Gasteiger partial charge in [-0.1, -0.05) is 52.3 Å². The zero-order chi connectivity index (χ0) is 18.1. The van der Waals surface area contributed by atoms with Gasteiger partial charge in [0.1, 0.15) is 0 Å². The van der Waals surface area contributed by atoms with Gasteiger partial charge in [0.25, 0.3) is 0 Å². The van der Waals surface area contributed by atoms with Gasteiger partial charge in [0, 0.05) is 28.0 Å². The van der Waals surface area contributed by atoms with Crippen molar-refractivity contribution in [1.82, 2.24) is 14.4 Å². The highest BCUT2D eigenvalue weighted by atomic mass is 79.9. The van der Waals surface area contributed by atoms with Gasteiger partial charge in [-0.2, -0.15) is 0 Å². The molecule has 4 rings (SSSR count). The summed E-state index contributed by atoms with van der Waals surface area (Å²) >= 11 is 3.47. The lowest BCUT2D eigenvalue weighted by Crippen LogP contribution is -1.99. The van der Waals surface area contributed by atoms with Crippen molar-refractivity contribution < 1.29 is 9.90 Å². The Morgan fingerprint density at radius 1 is 1.04 bits per heavy atom. The smallest absolute Gasteiger partial charge is 0.307 e. The van der Waals surface area contributed by atoms with E-state index in [1.807, 2.05) is 65.2 Å². The number of carbonyl (C=O) groups is 1. The van der Waals surface area contributed by atoms with Crippen molar-refractivity contribution in [2.45, 2.75) is 6.42 Å². The van der Waals surface area contributed by atoms with Crippen molar-refractivity contribution >= 4 is 27.7 Å². The maximum Gasteiger partial charge on any atom is 0.307 e. The minimum absolute atomic E-state index is 0.00652. The summed E-state index contributed by atoms with van der Waals surface area (Å²) in [6.07, 6.45) is 3.66. The largest absolute Gasteiger partial charge is 0.481 e. The van der Waals surface area contributed by atoms with Gasteiger partial charge in [-0.05, 0) is 23.8 Å². The van der Waals surface area contributed by atoms with Crippen LogP contribution in [0.25, 0.3) is 28.3 Å². The second kappa shape index (κ2) is 6.72. The first-order chi connectivity index (χ1) is 12.6. The lowest BCUT2D eigenvalue weighted by Gasteiger charge is -2.06. The van der Waals surface area contributed by atoms with Crippen LogP contribution in [-0.2, 0) is 11.2 Å². The molecule has 0 saturated carbocycles. The molecule has 6 heteroatoms. The van der Waals surface area contributed by atoms with Crippen LogP contribution in [0.15, 0.2) is 71.5 Å². The van der Waals surface area contributed by atoms with Crippen LogP contribution in [0.2, 0.25) is 0 Å². The summed E-state index contributed by atoms with van der Waals surface area (Å²) in [6, 6.07) is 17.4. The van der Waals surface area contributed by atoms with E-state index >= 15 is 0 Å². The Morgan fingerprint density at radius 2 is 1.73 bits per heavy atom. The maximum absolute atomic E-state index is 10.9. The Labute approximate surface area is 158 Å². The number of hydrogen-bond acceptors (Lipinski definition) is 3. The van der Waals surface area contributed by atoms with Crippen molar-refractivity contribution in [1.29, 1.82) is 0 Å². The van der Waals surface area contributed by atoms with Gasteiger partial charge in [0.15, 0.2) is 0 Å². The zero-order valence-electron chi connectivity index (χ0n) is 13.6. The molecule has 26 heavy (non-hydrogen) atoms. The maximum atomic E-state index is 10.9. The first kappa shape index (κ1) is 16.5. The van der Waals surface area contributed by atoms with Crippen molar-refractivity contribution in [3.05, 3.63) is 77.0 Å². The van der Waals surface area contributed by atoms with Crippen LogP contribution in [-0.4, -0.2) is 25.4 Å².